The van der Waals surface area contributed by atoms with E-state index < -0.39 is 12.0 Å². The molecule has 4 nitrogen and oxygen atoms in total. The van der Waals surface area contributed by atoms with Gasteiger partial charge in [0.05, 0.1) is 0 Å². The molecule has 0 spiro atoms. The maximum atomic E-state index is 11.3. The molecule has 0 aliphatic heterocycles. The fourth-order valence-corrected chi connectivity index (χ4v) is 1.14. The summed E-state index contributed by atoms with van der Waals surface area (Å²) in [6.45, 7) is 5.57. The van der Waals surface area contributed by atoms with Crippen molar-refractivity contribution in [3.05, 3.63) is 11.6 Å². The van der Waals surface area contributed by atoms with E-state index in [9.17, 15) is 9.59 Å². The molecule has 0 saturated carbocycles. The zero-order chi connectivity index (χ0) is 11.8. The number of hydrogen-bond donors (Lipinski definition) is 2. The average molecular weight is 213 g/mol. The average Bonchev–Trinajstić information content (AvgIpc) is 2.10. The van der Waals surface area contributed by atoms with Gasteiger partial charge in [0, 0.05) is 6.08 Å². The first-order valence-corrected chi connectivity index (χ1v) is 5.15. The van der Waals surface area contributed by atoms with Crippen molar-refractivity contribution in [1.29, 1.82) is 0 Å². The number of nitrogens with one attached hydrogen (secondary N) is 1. The number of rotatable bonds is 6. The summed E-state index contributed by atoms with van der Waals surface area (Å²) in [5.41, 5.74) is 0.854. The molecule has 0 aromatic rings. The van der Waals surface area contributed by atoms with Gasteiger partial charge in [-0.15, -0.1) is 0 Å². The van der Waals surface area contributed by atoms with Crippen LogP contribution in [-0.2, 0) is 9.59 Å². The first kappa shape index (κ1) is 13.7. The van der Waals surface area contributed by atoms with Gasteiger partial charge in [-0.05, 0) is 20.3 Å². The second kappa shape index (κ2) is 7.04. The predicted octanol–water partition coefficient (Wildman–Crippen LogP) is 1.71. The summed E-state index contributed by atoms with van der Waals surface area (Å²) in [5, 5.41) is 11.3. The van der Waals surface area contributed by atoms with E-state index in [4.69, 9.17) is 5.11 Å². The molecule has 0 fully saturated rings. The van der Waals surface area contributed by atoms with Gasteiger partial charge >= 0.3 is 5.97 Å². The van der Waals surface area contributed by atoms with Crippen molar-refractivity contribution in [1.82, 2.24) is 5.32 Å². The number of carboxylic acid groups (broad SMARTS) is 1. The van der Waals surface area contributed by atoms with E-state index >= 15 is 0 Å². The lowest BCUT2D eigenvalue weighted by atomic mass is 10.1. The Labute approximate surface area is 90.4 Å². The van der Waals surface area contributed by atoms with E-state index in [1.807, 2.05) is 6.92 Å². The molecule has 0 aromatic carbocycles. The Kier molecular flexibility index (Phi) is 6.42. The number of allylic oxidation sites excluding steroid dienone is 1. The Balaban J connectivity index is 4.22. The molecule has 15 heavy (non-hydrogen) atoms. The van der Waals surface area contributed by atoms with Crippen LogP contribution < -0.4 is 5.32 Å². The molecule has 0 aromatic heterocycles. The molecule has 0 radical (unpaired) electrons. The van der Waals surface area contributed by atoms with Crippen LogP contribution in [0.3, 0.4) is 0 Å². The SMILES string of the molecule is CCCCC(NC(=O)C=C(C)C)C(=O)O. The molecule has 0 aliphatic carbocycles. The van der Waals surface area contributed by atoms with Crippen LogP contribution >= 0.6 is 0 Å². The molecule has 0 rings (SSSR count). The highest BCUT2D eigenvalue weighted by molar-refractivity contribution is 5.91. The van der Waals surface area contributed by atoms with Crippen LogP contribution in [0.4, 0.5) is 0 Å². The Morgan fingerprint density at radius 2 is 2.00 bits per heavy atom. The van der Waals surface area contributed by atoms with E-state index in [2.05, 4.69) is 5.32 Å². The van der Waals surface area contributed by atoms with Crippen molar-refractivity contribution in [3.8, 4) is 0 Å². The standard InChI is InChI=1S/C11H19NO3/c1-4-5-6-9(11(14)15)12-10(13)7-8(2)3/h7,9H,4-6H2,1-3H3,(H,12,13)(H,14,15). The van der Waals surface area contributed by atoms with Crippen molar-refractivity contribution in [3.63, 3.8) is 0 Å². The summed E-state index contributed by atoms with van der Waals surface area (Å²) >= 11 is 0. The number of carbonyl (C=O) groups is 2. The highest BCUT2D eigenvalue weighted by Crippen LogP contribution is 2.01. The fourth-order valence-electron chi connectivity index (χ4n) is 1.14. The largest absolute Gasteiger partial charge is 0.480 e. The Hall–Kier alpha value is -1.32. The minimum absolute atomic E-state index is 0.335. The molecule has 0 aliphatic rings. The molecular weight excluding hydrogens is 194 g/mol. The van der Waals surface area contributed by atoms with E-state index in [1.54, 1.807) is 13.8 Å². The first-order chi connectivity index (χ1) is 6.97. The second-order valence-corrected chi connectivity index (χ2v) is 3.76. The van der Waals surface area contributed by atoms with Crippen LogP contribution in [0.1, 0.15) is 40.0 Å². The fraction of sp³-hybridized carbons (Fsp3) is 0.636. The van der Waals surface area contributed by atoms with Gasteiger partial charge in [-0.25, -0.2) is 4.79 Å². The van der Waals surface area contributed by atoms with Crippen molar-refractivity contribution >= 4 is 11.9 Å². The third kappa shape index (κ3) is 6.71. The minimum atomic E-state index is -0.973. The molecule has 0 heterocycles. The molecule has 2 N–H and O–H groups in total. The monoisotopic (exact) mass is 213 g/mol. The second-order valence-electron chi connectivity index (χ2n) is 3.76. The molecule has 86 valence electrons. The van der Waals surface area contributed by atoms with Crippen LogP contribution in [0, 0.1) is 0 Å². The predicted molar refractivity (Wildman–Crippen MR) is 58.5 cm³/mol. The molecule has 1 amide bonds. The molecular formula is C11H19NO3. The minimum Gasteiger partial charge on any atom is -0.480 e. The lowest BCUT2D eigenvalue weighted by Gasteiger charge is -2.12. The number of aliphatic carboxylic acids is 1. The van der Waals surface area contributed by atoms with Crippen LogP contribution in [-0.4, -0.2) is 23.0 Å². The van der Waals surface area contributed by atoms with Crippen molar-refractivity contribution in [2.45, 2.75) is 46.1 Å². The Bertz CT molecular complexity index is 255. The van der Waals surface area contributed by atoms with Gasteiger partial charge in [-0.2, -0.15) is 0 Å². The van der Waals surface area contributed by atoms with Crippen LogP contribution in [0.2, 0.25) is 0 Å². The first-order valence-electron chi connectivity index (χ1n) is 5.15. The molecule has 0 bridgehead atoms. The number of hydrogen-bond acceptors (Lipinski definition) is 2. The zero-order valence-corrected chi connectivity index (χ0v) is 9.54. The quantitative estimate of drug-likeness (QED) is 0.660. The van der Waals surface area contributed by atoms with Crippen molar-refractivity contribution < 1.29 is 14.7 Å². The normalized spacial score (nSPS) is 11.7. The van der Waals surface area contributed by atoms with E-state index in [-0.39, 0.29) is 5.91 Å². The number of unbranched alkanes of at least 4 members (excludes halogenated alkanes) is 1. The third-order valence-corrected chi connectivity index (χ3v) is 1.88. The molecule has 1 atom stereocenters. The number of amides is 1. The highest BCUT2D eigenvalue weighted by Gasteiger charge is 2.17. The van der Waals surface area contributed by atoms with E-state index in [0.29, 0.717) is 6.42 Å². The van der Waals surface area contributed by atoms with Gasteiger partial charge < -0.3 is 10.4 Å². The Morgan fingerprint density at radius 1 is 1.40 bits per heavy atom. The Morgan fingerprint density at radius 3 is 2.40 bits per heavy atom. The van der Waals surface area contributed by atoms with Gasteiger partial charge in [0.25, 0.3) is 0 Å². The molecule has 4 heteroatoms. The van der Waals surface area contributed by atoms with Crippen molar-refractivity contribution in [2.75, 3.05) is 0 Å². The van der Waals surface area contributed by atoms with Gasteiger partial charge in [0.15, 0.2) is 0 Å². The van der Waals surface area contributed by atoms with Crippen LogP contribution in [0.15, 0.2) is 11.6 Å². The van der Waals surface area contributed by atoms with Gasteiger partial charge in [-0.1, -0.05) is 25.3 Å². The summed E-state index contributed by atoms with van der Waals surface area (Å²) in [4.78, 5) is 22.1. The van der Waals surface area contributed by atoms with Gasteiger partial charge in [0.2, 0.25) is 5.91 Å². The summed E-state index contributed by atoms with van der Waals surface area (Å²) in [7, 11) is 0. The summed E-state index contributed by atoms with van der Waals surface area (Å²) in [5.74, 6) is -1.31. The smallest absolute Gasteiger partial charge is 0.326 e. The lowest BCUT2D eigenvalue weighted by molar-refractivity contribution is -0.141. The van der Waals surface area contributed by atoms with Crippen molar-refractivity contribution in [2.24, 2.45) is 0 Å². The topological polar surface area (TPSA) is 66.4 Å². The van der Waals surface area contributed by atoms with Crippen LogP contribution in [0.5, 0.6) is 0 Å². The zero-order valence-electron chi connectivity index (χ0n) is 9.54. The molecule has 1 unspecified atom stereocenters. The van der Waals surface area contributed by atoms with Gasteiger partial charge in [-0.3, -0.25) is 4.79 Å². The lowest BCUT2D eigenvalue weighted by Crippen LogP contribution is -2.40. The number of carboxylic acids is 1. The highest BCUT2D eigenvalue weighted by atomic mass is 16.4. The third-order valence-electron chi connectivity index (χ3n) is 1.88. The maximum Gasteiger partial charge on any atom is 0.326 e. The summed E-state index contributed by atoms with van der Waals surface area (Å²) in [6, 6.07) is -0.770. The molecule has 0 saturated heterocycles. The van der Waals surface area contributed by atoms with Crippen LogP contribution in [0.25, 0.3) is 0 Å². The van der Waals surface area contributed by atoms with E-state index in [1.165, 1.54) is 6.08 Å². The summed E-state index contributed by atoms with van der Waals surface area (Å²) < 4.78 is 0. The van der Waals surface area contributed by atoms with E-state index in [0.717, 1.165) is 18.4 Å². The maximum absolute atomic E-state index is 11.3. The van der Waals surface area contributed by atoms with Gasteiger partial charge in [0.1, 0.15) is 6.04 Å². The summed E-state index contributed by atoms with van der Waals surface area (Å²) in [6.07, 6.45) is 3.60. The number of carbonyl (C=O) groups excluding carboxylic acids is 1.